The van der Waals surface area contributed by atoms with Crippen LogP contribution in [-0.4, -0.2) is 56.8 Å². The van der Waals surface area contributed by atoms with E-state index in [0.29, 0.717) is 12.6 Å². The van der Waals surface area contributed by atoms with E-state index in [1.165, 1.54) is 16.9 Å². The Balaban J connectivity index is 2.59. The lowest BCUT2D eigenvalue weighted by Crippen LogP contribution is -2.32. The molecule has 19 heavy (non-hydrogen) atoms. The van der Waals surface area contributed by atoms with Crippen LogP contribution in [0.4, 0.5) is 0 Å². The molecule has 1 aromatic carbocycles. The molecule has 0 radical (unpaired) electrons. The topological polar surface area (TPSA) is 32.5 Å². The molecular weight excluding hydrogens is 254 g/mol. The lowest BCUT2D eigenvalue weighted by Gasteiger charge is -2.28. The van der Waals surface area contributed by atoms with Crippen molar-refractivity contribution < 1.29 is 0 Å². The molecule has 1 unspecified atom stereocenters. The predicted octanol–water partition coefficient (Wildman–Crippen LogP) is 2.29. The number of hydrogen-bond donors (Lipinski definition) is 1. The van der Waals surface area contributed by atoms with Crippen LogP contribution in [0.1, 0.15) is 18.0 Å². The maximum absolute atomic E-state index is 5.95. The molecule has 0 saturated carbocycles. The van der Waals surface area contributed by atoms with Gasteiger partial charge in [-0.15, -0.1) is 11.8 Å². The average Bonchev–Trinajstić information content (AvgIpc) is 2.40. The van der Waals surface area contributed by atoms with Crippen molar-refractivity contribution >= 4 is 11.8 Å². The first-order valence-corrected chi connectivity index (χ1v) is 8.00. The summed E-state index contributed by atoms with van der Waals surface area (Å²) < 4.78 is 0. The van der Waals surface area contributed by atoms with Crippen LogP contribution in [0.15, 0.2) is 29.2 Å². The van der Waals surface area contributed by atoms with Crippen LogP contribution in [0.5, 0.6) is 0 Å². The Labute approximate surface area is 122 Å². The van der Waals surface area contributed by atoms with Crippen molar-refractivity contribution in [2.24, 2.45) is 5.73 Å². The van der Waals surface area contributed by atoms with E-state index in [9.17, 15) is 0 Å². The predicted molar refractivity (Wildman–Crippen MR) is 85.8 cm³/mol. The Bertz CT molecular complexity index is 351. The van der Waals surface area contributed by atoms with Crippen LogP contribution in [0.3, 0.4) is 0 Å². The molecule has 0 spiro atoms. The summed E-state index contributed by atoms with van der Waals surface area (Å²) in [5.41, 5.74) is 7.26. The van der Waals surface area contributed by atoms with E-state index < -0.39 is 0 Å². The third-order valence-electron chi connectivity index (χ3n) is 3.37. The van der Waals surface area contributed by atoms with E-state index >= 15 is 0 Å². The lowest BCUT2D eigenvalue weighted by molar-refractivity contribution is 0.235. The summed E-state index contributed by atoms with van der Waals surface area (Å²) in [6, 6.07) is 9.07. The molecular formula is C15H27N3S. The zero-order valence-corrected chi connectivity index (χ0v) is 13.4. The van der Waals surface area contributed by atoms with Gasteiger partial charge in [0.15, 0.2) is 0 Å². The molecule has 3 nitrogen and oxygen atoms in total. The summed E-state index contributed by atoms with van der Waals surface area (Å²) in [5, 5.41) is 0. The van der Waals surface area contributed by atoms with Crippen molar-refractivity contribution in [3.05, 3.63) is 29.8 Å². The summed E-state index contributed by atoms with van der Waals surface area (Å²) in [5.74, 6) is 0. The van der Waals surface area contributed by atoms with Gasteiger partial charge in [-0.25, -0.2) is 0 Å². The number of benzene rings is 1. The van der Waals surface area contributed by atoms with Gasteiger partial charge in [-0.05, 0) is 64.6 Å². The first-order valence-electron chi connectivity index (χ1n) is 6.77. The molecule has 0 heterocycles. The molecule has 2 N–H and O–H groups in total. The SMILES string of the molecule is CSc1ccc(C(CN)N(C)CCCN(C)C)cc1. The van der Waals surface area contributed by atoms with Crippen LogP contribution in [-0.2, 0) is 0 Å². The van der Waals surface area contributed by atoms with Crippen LogP contribution in [0, 0.1) is 0 Å². The Hall–Kier alpha value is -0.550. The standard InChI is InChI=1S/C15H27N3S/c1-17(2)10-5-11-18(3)15(12-16)13-6-8-14(19-4)9-7-13/h6-9,15H,5,10-12,16H2,1-4H3. The fraction of sp³-hybridized carbons (Fsp3) is 0.600. The van der Waals surface area contributed by atoms with Gasteiger partial charge in [-0.1, -0.05) is 12.1 Å². The van der Waals surface area contributed by atoms with E-state index in [1.807, 2.05) is 0 Å². The Morgan fingerprint density at radius 3 is 2.21 bits per heavy atom. The Morgan fingerprint density at radius 1 is 1.11 bits per heavy atom. The molecule has 1 atom stereocenters. The van der Waals surface area contributed by atoms with Gasteiger partial charge < -0.3 is 10.6 Å². The molecule has 0 aliphatic heterocycles. The molecule has 0 aromatic heterocycles. The van der Waals surface area contributed by atoms with Gasteiger partial charge in [0, 0.05) is 17.5 Å². The summed E-state index contributed by atoms with van der Waals surface area (Å²) in [4.78, 5) is 5.88. The summed E-state index contributed by atoms with van der Waals surface area (Å²) in [6.07, 6.45) is 3.27. The van der Waals surface area contributed by atoms with Crippen molar-refractivity contribution in [2.45, 2.75) is 17.4 Å². The second kappa shape index (κ2) is 8.59. The van der Waals surface area contributed by atoms with Crippen LogP contribution >= 0.6 is 11.8 Å². The van der Waals surface area contributed by atoms with Gasteiger partial charge in [-0.2, -0.15) is 0 Å². The zero-order chi connectivity index (χ0) is 14.3. The number of hydrogen-bond acceptors (Lipinski definition) is 4. The van der Waals surface area contributed by atoms with Gasteiger partial charge in [0.05, 0.1) is 0 Å². The highest BCUT2D eigenvalue weighted by molar-refractivity contribution is 7.98. The van der Waals surface area contributed by atoms with Gasteiger partial charge in [0.25, 0.3) is 0 Å². The molecule has 0 saturated heterocycles. The zero-order valence-electron chi connectivity index (χ0n) is 12.6. The third-order valence-corrected chi connectivity index (χ3v) is 4.12. The second-order valence-electron chi connectivity index (χ2n) is 5.16. The van der Waals surface area contributed by atoms with Gasteiger partial charge in [0.1, 0.15) is 0 Å². The highest BCUT2D eigenvalue weighted by Crippen LogP contribution is 2.22. The molecule has 0 amide bonds. The van der Waals surface area contributed by atoms with Crippen molar-refractivity contribution in [2.75, 3.05) is 47.0 Å². The minimum absolute atomic E-state index is 0.318. The fourth-order valence-corrected chi connectivity index (χ4v) is 2.60. The number of rotatable bonds is 8. The van der Waals surface area contributed by atoms with E-state index in [1.54, 1.807) is 11.8 Å². The van der Waals surface area contributed by atoms with E-state index in [4.69, 9.17) is 5.73 Å². The molecule has 1 aromatic rings. The minimum atomic E-state index is 0.318. The summed E-state index contributed by atoms with van der Waals surface area (Å²) >= 11 is 1.77. The highest BCUT2D eigenvalue weighted by atomic mass is 32.2. The van der Waals surface area contributed by atoms with E-state index in [2.05, 4.69) is 61.5 Å². The van der Waals surface area contributed by atoms with Crippen LogP contribution in [0.25, 0.3) is 0 Å². The first-order chi connectivity index (χ1) is 9.08. The molecule has 108 valence electrons. The third kappa shape index (κ3) is 5.53. The number of likely N-dealkylation sites (N-methyl/N-ethyl adjacent to an activating group) is 1. The molecule has 1 rings (SSSR count). The molecule has 0 aliphatic carbocycles. The lowest BCUT2D eigenvalue weighted by atomic mass is 10.1. The Kier molecular flexibility index (Phi) is 7.46. The summed E-state index contributed by atoms with van der Waals surface area (Å²) in [7, 11) is 6.39. The summed E-state index contributed by atoms with van der Waals surface area (Å²) in [6.45, 7) is 2.86. The maximum Gasteiger partial charge on any atom is 0.0467 e. The maximum atomic E-state index is 5.95. The first kappa shape index (κ1) is 16.5. The van der Waals surface area contributed by atoms with Gasteiger partial charge >= 0.3 is 0 Å². The quantitative estimate of drug-likeness (QED) is 0.741. The number of nitrogens with zero attached hydrogens (tertiary/aromatic N) is 2. The normalized spacial score (nSPS) is 13.2. The molecule has 0 aliphatic rings. The van der Waals surface area contributed by atoms with Crippen molar-refractivity contribution in [3.8, 4) is 0 Å². The van der Waals surface area contributed by atoms with E-state index in [-0.39, 0.29) is 0 Å². The highest BCUT2D eigenvalue weighted by Gasteiger charge is 2.14. The van der Waals surface area contributed by atoms with E-state index in [0.717, 1.165) is 13.1 Å². The van der Waals surface area contributed by atoms with Gasteiger partial charge in [-0.3, -0.25) is 4.90 Å². The van der Waals surface area contributed by atoms with Gasteiger partial charge in [0.2, 0.25) is 0 Å². The van der Waals surface area contributed by atoms with Crippen LogP contribution < -0.4 is 5.73 Å². The average molecular weight is 281 g/mol. The van der Waals surface area contributed by atoms with Crippen molar-refractivity contribution in [1.82, 2.24) is 9.80 Å². The Morgan fingerprint density at radius 2 is 1.74 bits per heavy atom. The monoisotopic (exact) mass is 281 g/mol. The number of nitrogens with two attached hydrogens (primary N) is 1. The molecule has 0 fully saturated rings. The number of thioether (sulfide) groups is 1. The minimum Gasteiger partial charge on any atom is -0.329 e. The molecule has 4 heteroatoms. The smallest absolute Gasteiger partial charge is 0.0467 e. The second-order valence-corrected chi connectivity index (χ2v) is 6.04. The van der Waals surface area contributed by atoms with Crippen molar-refractivity contribution in [3.63, 3.8) is 0 Å². The largest absolute Gasteiger partial charge is 0.329 e. The van der Waals surface area contributed by atoms with Crippen LogP contribution in [0.2, 0.25) is 0 Å². The van der Waals surface area contributed by atoms with Crippen molar-refractivity contribution in [1.29, 1.82) is 0 Å². The molecule has 0 bridgehead atoms. The fourth-order valence-electron chi connectivity index (χ4n) is 2.19.